The molecule has 0 aromatic carbocycles. The molecule has 6 atom stereocenters. The quantitative estimate of drug-likeness (QED) is 0.359. The zero-order chi connectivity index (χ0) is 24.6. The summed E-state index contributed by atoms with van der Waals surface area (Å²) >= 11 is 0. The molecule has 2 aliphatic carbocycles. The molecule has 2 fully saturated rings. The fraction of sp³-hybridized carbons (Fsp3) is 0.600. The Labute approximate surface area is 197 Å². The molecule has 1 saturated carbocycles. The van der Waals surface area contributed by atoms with E-state index >= 15 is 0 Å². The van der Waals surface area contributed by atoms with E-state index in [0.29, 0.717) is 25.7 Å². The fourth-order valence-electron chi connectivity index (χ4n) is 6.02. The summed E-state index contributed by atoms with van der Waals surface area (Å²) in [6, 6.07) is 1.78. The van der Waals surface area contributed by atoms with Crippen LogP contribution in [-0.2, 0) is 38.1 Å². The predicted molar refractivity (Wildman–Crippen MR) is 116 cm³/mol. The smallest absolute Gasteiger partial charge is 0.313 e. The van der Waals surface area contributed by atoms with Crippen LogP contribution in [0.4, 0.5) is 0 Å². The second-order valence-corrected chi connectivity index (χ2v) is 9.49. The van der Waals surface area contributed by atoms with Crippen molar-refractivity contribution in [2.24, 2.45) is 17.3 Å². The van der Waals surface area contributed by atoms with E-state index < -0.39 is 47.6 Å². The molecule has 0 radical (unpaired) electrons. The van der Waals surface area contributed by atoms with Crippen molar-refractivity contribution in [1.29, 1.82) is 0 Å². The number of carbonyl (C=O) groups is 4. The number of hydrogen-bond donors (Lipinski definition) is 0. The summed E-state index contributed by atoms with van der Waals surface area (Å²) in [6.07, 6.45) is 3.14. The van der Waals surface area contributed by atoms with Crippen molar-refractivity contribution in [2.45, 2.75) is 71.7 Å². The van der Waals surface area contributed by atoms with Crippen molar-refractivity contribution in [1.82, 2.24) is 0 Å². The molecule has 1 aliphatic heterocycles. The number of fused-ring (bicyclic) bond motifs is 2. The highest BCUT2D eigenvalue weighted by Gasteiger charge is 2.63. The van der Waals surface area contributed by atoms with E-state index in [0.717, 1.165) is 16.7 Å². The maximum atomic E-state index is 13.6. The monoisotopic (exact) mass is 474 g/mol. The lowest BCUT2D eigenvalue weighted by atomic mass is 9.53. The molecule has 4 rings (SSSR count). The number of carbonyl (C=O) groups excluding carboxylic acids is 4. The summed E-state index contributed by atoms with van der Waals surface area (Å²) < 4.78 is 27.7. The molecule has 1 aromatic heterocycles. The van der Waals surface area contributed by atoms with Crippen molar-refractivity contribution in [3.8, 4) is 0 Å². The van der Waals surface area contributed by atoms with Gasteiger partial charge in [0.25, 0.3) is 0 Å². The molecule has 0 unspecified atom stereocenters. The van der Waals surface area contributed by atoms with Crippen LogP contribution in [0, 0.1) is 17.3 Å². The molecular weight excluding hydrogens is 444 g/mol. The van der Waals surface area contributed by atoms with Gasteiger partial charge in [0, 0.05) is 45.1 Å². The first kappa shape index (κ1) is 24.0. The SMILES string of the molecule is CC(=O)OCC1=C2[C@@H](OC(C)=O)C[C@@H](C)[C@]3(C[C@@H](c4ccoc4)OC3=O)[C@H]2C[C@@H](OC(C)=O)C1. The minimum absolute atomic E-state index is 0.0264. The highest BCUT2D eigenvalue weighted by atomic mass is 16.6. The van der Waals surface area contributed by atoms with Crippen LogP contribution in [0.5, 0.6) is 0 Å². The highest BCUT2D eigenvalue weighted by molar-refractivity contribution is 5.81. The van der Waals surface area contributed by atoms with Crippen molar-refractivity contribution in [2.75, 3.05) is 6.61 Å². The van der Waals surface area contributed by atoms with Crippen LogP contribution in [0.3, 0.4) is 0 Å². The van der Waals surface area contributed by atoms with Crippen LogP contribution >= 0.6 is 0 Å². The molecule has 9 heteroatoms. The van der Waals surface area contributed by atoms with E-state index in [1.54, 1.807) is 12.3 Å². The average molecular weight is 475 g/mol. The largest absolute Gasteiger partial charge is 0.472 e. The third-order valence-electron chi connectivity index (χ3n) is 7.33. The van der Waals surface area contributed by atoms with Crippen LogP contribution in [-0.4, -0.2) is 42.7 Å². The Hall–Kier alpha value is -3.10. The second-order valence-electron chi connectivity index (χ2n) is 9.49. The van der Waals surface area contributed by atoms with Gasteiger partial charge in [-0.1, -0.05) is 6.92 Å². The lowest BCUT2D eigenvalue weighted by molar-refractivity contribution is -0.162. The van der Waals surface area contributed by atoms with Gasteiger partial charge in [-0.15, -0.1) is 0 Å². The average Bonchev–Trinajstić information content (AvgIpc) is 3.38. The van der Waals surface area contributed by atoms with Crippen LogP contribution in [0.25, 0.3) is 0 Å². The van der Waals surface area contributed by atoms with Gasteiger partial charge in [-0.3, -0.25) is 19.2 Å². The Morgan fingerprint density at radius 3 is 2.44 bits per heavy atom. The van der Waals surface area contributed by atoms with Crippen molar-refractivity contribution < 1.29 is 42.5 Å². The maximum Gasteiger partial charge on any atom is 0.313 e. The van der Waals surface area contributed by atoms with Crippen LogP contribution in [0.2, 0.25) is 0 Å². The molecule has 1 saturated heterocycles. The lowest BCUT2D eigenvalue weighted by Crippen LogP contribution is -2.53. The fourth-order valence-corrected chi connectivity index (χ4v) is 6.02. The Bertz CT molecular complexity index is 1010. The van der Waals surface area contributed by atoms with E-state index in [1.807, 2.05) is 6.92 Å². The number of rotatable bonds is 5. The first-order valence-corrected chi connectivity index (χ1v) is 11.5. The molecule has 34 heavy (non-hydrogen) atoms. The number of furan rings is 1. The Kier molecular flexibility index (Phi) is 6.55. The van der Waals surface area contributed by atoms with Gasteiger partial charge in [0.05, 0.1) is 17.9 Å². The minimum Gasteiger partial charge on any atom is -0.472 e. The van der Waals surface area contributed by atoms with Gasteiger partial charge >= 0.3 is 23.9 Å². The third-order valence-corrected chi connectivity index (χ3v) is 7.33. The number of cyclic esters (lactones) is 1. The maximum absolute atomic E-state index is 13.6. The topological polar surface area (TPSA) is 118 Å². The van der Waals surface area contributed by atoms with E-state index in [4.69, 9.17) is 23.4 Å². The molecule has 1 spiro atoms. The van der Waals surface area contributed by atoms with Gasteiger partial charge < -0.3 is 23.4 Å². The Balaban J connectivity index is 1.80. The first-order valence-electron chi connectivity index (χ1n) is 11.5. The van der Waals surface area contributed by atoms with Gasteiger partial charge in [0.2, 0.25) is 0 Å². The molecule has 0 N–H and O–H groups in total. The molecular formula is C25H30O9. The van der Waals surface area contributed by atoms with Gasteiger partial charge in [0.15, 0.2) is 0 Å². The number of hydrogen-bond acceptors (Lipinski definition) is 9. The molecule has 9 nitrogen and oxygen atoms in total. The summed E-state index contributed by atoms with van der Waals surface area (Å²) in [4.78, 5) is 48.9. The normalized spacial score (nSPS) is 32.7. The van der Waals surface area contributed by atoms with Crippen LogP contribution in [0.15, 0.2) is 34.2 Å². The molecule has 1 aromatic rings. The van der Waals surface area contributed by atoms with Gasteiger partial charge in [0.1, 0.15) is 24.9 Å². The highest BCUT2D eigenvalue weighted by Crippen LogP contribution is 2.61. The summed E-state index contributed by atoms with van der Waals surface area (Å²) in [6.45, 7) is 5.94. The number of ether oxygens (including phenoxy) is 4. The van der Waals surface area contributed by atoms with E-state index in [9.17, 15) is 19.2 Å². The van der Waals surface area contributed by atoms with Gasteiger partial charge in [-0.2, -0.15) is 0 Å². The number of esters is 4. The Morgan fingerprint density at radius 2 is 1.82 bits per heavy atom. The van der Waals surface area contributed by atoms with Crippen molar-refractivity contribution in [3.63, 3.8) is 0 Å². The first-order chi connectivity index (χ1) is 16.1. The Morgan fingerprint density at radius 1 is 1.09 bits per heavy atom. The summed E-state index contributed by atoms with van der Waals surface area (Å²) in [5.41, 5.74) is 1.36. The minimum atomic E-state index is -0.909. The van der Waals surface area contributed by atoms with Gasteiger partial charge in [-0.25, -0.2) is 0 Å². The van der Waals surface area contributed by atoms with Crippen molar-refractivity contribution >= 4 is 23.9 Å². The van der Waals surface area contributed by atoms with Gasteiger partial charge in [-0.05, 0) is 36.0 Å². The second kappa shape index (κ2) is 9.27. The predicted octanol–water partition coefficient (Wildman–Crippen LogP) is 3.43. The van der Waals surface area contributed by atoms with E-state index in [1.165, 1.54) is 27.0 Å². The lowest BCUT2D eigenvalue weighted by Gasteiger charge is -2.51. The van der Waals surface area contributed by atoms with E-state index in [2.05, 4.69) is 0 Å². The molecule has 0 bridgehead atoms. The molecule has 3 aliphatic rings. The summed E-state index contributed by atoms with van der Waals surface area (Å²) in [5, 5.41) is 0. The van der Waals surface area contributed by atoms with E-state index in [-0.39, 0.29) is 18.5 Å². The summed E-state index contributed by atoms with van der Waals surface area (Å²) in [5.74, 6) is -2.24. The molecule has 184 valence electrons. The summed E-state index contributed by atoms with van der Waals surface area (Å²) in [7, 11) is 0. The zero-order valence-electron chi connectivity index (χ0n) is 19.8. The molecule has 0 amide bonds. The standard InChI is InChI=1S/C25H30O9/c1-13-7-21(33-16(4)28)23-18(12-31-14(2)26)8-19(32-15(3)27)9-20(23)25(13)10-22(34-24(25)29)17-5-6-30-11-17/h5-6,11,13,19-22H,7-10,12H2,1-4H3/t13-,19+,20+,21+,22+,25-/m1/s1. The van der Waals surface area contributed by atoms with Crippen LogP contribution < -0.4 is 0 Å². The third kappa shape index (κ3) is 4.35. The van der Waals surface area contributed by atoms with Crippen LogP contribution in [0.1, 0.15) is 65.0 Å². The van der Waals surface area contributed by atoms with Crippen molar-refractivity contribution in [3.05, 3.63) is 35.3 Å². The zero-order valence-corrected chi connectivity index (χ0v) is 19.8. The molecule has 2 heterocycles.